The van der Waals surface area contributed by atoms with Gasteiger partial charge < -0.3 is 10.2 Å². The molecule has 4 saturated carbocycles. The monoisotopic (exact) mass is 611 g/mol. The predicted octanol–water partition coefficient (Wildman–Crippen LogP) is 5.64. The molecule has 6 rings (SSSR count). The third-order valence-corrected chi connectivity index (χ3v) is 11.0. The van der Waals surface area contributed by atoms with Gasteiger partial charge in [0.1, 0.15) is 18.4 Å². The van der Waals surface area contributed by atoms with E-state index in [2.05, 4.69) is 17.4 Å². The average molecular weight is 612 g/mol. The molecule has 0 heterocycles. The van der Waals surface area contributed by atoms with Crippen molar-refractivity contribution in [3.8, 4) is 0 Å². The molecule has 4 bridgehead atoms. The summed E-state index contributed by atoms with van der Waals surface area (Å²) in [6.07, 6.45) is 9.13. The zero-order chi connectivity index (χ0) is 30.9. The Morgan fingerprint density at radius 2 is 1.51 bits per heavy atom. The highest BCUT2D eigenvalue weighted by atomic mass is 32.2. The van der Waals surface area contributed by atoms with Crippen LogP contribution >= 0.6 is 0 Å². The van der Waals surface area contributed by atoms with Crippen molar-refractivity contribution < 1.29 is 22.4 Å². The Balaban J connectivity index is 1.39. The van der Waals surface area contributed by atoms with Crippen molar-refractivity contribution in [1.82, 2.24) is 10.2 Å². The van der Waals surface area contributed by atoms with Crippen molar-refractivity contribution in [2.75, 3.05) is 23.7 Å². The van der Waals surface area contributed by atoms with E-state index < -0.39 is 34.3 Å². The quantitative estimate of drug-likeness (QED) is 0.337. The SMILES string of the molecule is CC[C@@H](C(=O)NCC(C)C)N(Cc1ccc(F)cc1)C(=O)CN(c1ccc(C23CC4CC(CC(C4)C2)C3)cc1)S(C)(=O)=O. The number of rotatable bonds is 12. The molecule has 2 aromatic carbocycles. The fourth-order valence-electron chi connectivity index (χ4n) is 8.19. The van der Waals surface area contributed by atoms with Gasteiger partial charge in [0.25, 0.3) is 0 Å². The Morgan fingerprint density at radius 3 is 2.00 bits per heavy atom. The third kappa shape index (κ3) is 7.08. The molecule has 0 spiro atoms. The topological polar surface area (TPSA) is 86.8 Å². The van der Waals surface area contributed by atoms with E-state index in [-0.39, 0.29) is 23.8 Å². The van der Waals surface area contributed by atoms with E-state index in [1.165, 1.54) is 61.1 Å². The first kappa shape index (κ1) is 31.5. The zero-order valence-corrected chi connectivity index (χ0v) is 26.7. The number of carbonyl (C=O) groups is 2. The first-order valence-corrected chi connectivity index (χ1v) is 17.6. The molecule has 4 fully saturated rings. The highest BCUT2D eigenvalue weighted by molar-refractivity contribution is 7.92. The van der Waals surface area contributed by atoms with E-state index in [1.54, 1.807) is 12.1 Å². The van der Waals surface area contributed by atoms with Crippen LogP contribution in [0.4, 0.5) is 10.1 Å². The molecule has 0 radical (unpaired) electrons. The van der Waals surface area contributed by atoms with Crippen LogP contribution in [0.3, 0.4) is 0 Å². The summed E-state index contributed by atoms with van der Waals surface area (Å²) in [5.74, 6) is 1.43. The Labute approximate surface area is 256 Å². The molecule has 0 unspecified atom stereocenters. The number of halogens is 1. The third-order valence-electron chi connectivity index (χ3n) is 9.82. The summed E-state index contributed by atoms with van der Waals surface area (Å²) in [5.41, 5.74) is 2.54. The number of benzene rings is 2. The van der Waals surface area contributed by atoms with Gasteiger partial charge in [-0.1, -0.05) is 45.0 Å². The lowest BCUT2D eigenvalue weighted by Gasteiger charge is -2.57. The lowest BCUT2D eigenvalue weighted by molar-refractivity contribution is -0.140. The van der Waals surface area contributed by atoms with Gasteiger partial charge in [-0.05, 0) is 109 Å². The van der Waals surface area contributed by atoms with Crippen molar-refractivity contribution in [2.24, 2.45) is 23.7 Å². The Kier molecular flexibility index (Phi) is 9.21. The zero-order valence-electron chi connectivity index (χ0n) is 25.9. The van der Waals surface area contributed by atoms with Gasteiger partial charge in [-0.2, -0.15) is 0 Å². The molecule has 1 atom stereocenters. The number of nitrogens with zero attached hydrogens (tertiary/aromatic N) is 2. The van der Waals surface area contributed by atoms with Gasteiger partial charge in [0.15, 0.2) is 0 Å². The van der Waals surface area contributed by atoms with Crippen LogP contribution in [0.5, 0.6) is 0 Å². The molecule has 2 aromatic rings. The number of nitrogens with one attached hydrogen (secondary N) is 1. The molecule has 0 aromatic heterocycles. The maximum Gasteiger partial charge on any atom is 0.244 e. The molecule has 0 aliphatic heterocycles. The fourth-order valence-corrected chi connectivity index (χ4v) is 9.04. The number of carbonyl (C=O) groups excluding carboxylic acids is 2. The van der Waals surface area contributed by atoms with E-state index in [1.807, 2.05) is 32.9 Å². The van der Waals surface area contributed by atoms with Gasteiger partial charge in [-0.25, -0.2) is 12.8 Å². The molecular formula is C34H46FN3O4S. The molecule has 234 valence electrons. The van der Waals surface area contributed by atoms with Crippen LogP contribution in [0.2, 0.25) is 0 Å². The minimum Gasteiger partial charge on any atom is -0.354 e. The Bertz CT molecular complexity index is 1370. The predicted molar refractivity (Wildman–Crippen MR) is 167 cm³/mol. The maximum atomic E-state index is 13.9. The van der Waals surface area contributed by atoms with Gasteiger partial charge >= 0.3 is 0 Å². The van der Waals surface area contributed by atoms with Crippen molar-refractivity contribution in [3.05, 3.63) is 65.5 Å². The van der Waals surface area contributed by atoms with Crippen LogP contribution in [-0.4, -0.2) is 50.5 Å². The highest BCUT2D eigenvalue weighted by Gasteiger charge is 2.51. The average Bonchev–Trinajstić information content (AvgIpc) is 2.94. The number of hydrogen-bond acceptors (Lipinski definition) is 4. The summed E-state index contributed by atoms with van der Waals surface area (Å²) < 4.78 is 40.9. The van der Waals surface area contributed by atoms with Crippen molar-refractivity contribution in [1.29, 1.82) is 0 Å². The lowest BCUT2D eigenvalue weighted by Crippen LogP contribution is -2.52. The summed E-state index contributed by atoms with van der Waals surface area (Å²) in [4.78, 5) is 28.6. The summed E-state index contributed by atoms with van der Waals surface area (Å²) in [6, 6.07) is 12.8. The normalized spacial score (nSPS) is 25.0. The highest BCUT2D eigenvalue weighted by Crippen LogP contribution is 2.60. The van der Waals surface area contributed by atoms with Crippen molar-refractivity contribution in [3.63, 3.8) is 0 Å². The number of sulfonamides is 1. The Morgan fingerprint density at radius 1 is 0.953 bits per heavy atom. The first-order valence-electron chi connectivity index (χ1n) is 15.8. The number of amides is 2. The van der Waals surface area contributed by atoms with Crippen LogP contribution in [0.1, 0.15) is 76.8 Å². The largest absolute Gasteiger partial charge is 0.354 e. The smallest absolute Gasteiger partial charge is 0.244 e. The second kappa shape index (κ2) is 12.6. The van der Waals surface area contributed by atoms with E-state index in [0.29, 0.717) is 24.2 Å². The minimum atomic E-state index is -3.82. The van der Waals surface area contributed by atoms with Crippen LogP contribution < -0.4 is 9.62 Å². The number of hydrogen-bond donors (Lipinski definition) is 1. The Hall–Kier alpha value is -2.94. The van der Waals surface area contributed by atoms with Crippen molar-refractivity contribution in [2.45, 2.75) is 83.7 Å². The molecule has 4 aliphatic carbocycles. The molecule has 1 N–H and O–H groups in total. The van der Waals surface area contributed by atoms with Gasteiger partial charge in [-0.3, -0.25) is 13.9 Å². The molecule has 43 heavy (non-hydrogen) atoms. The van der Waals surface area contributed by atoms with Gasteiger partial charge in [0, 0.05) is 13.1 Å². The summed E-state index contributed by atoms with van der Waals surface area (Å²) in [7, 11) is -3.82. The summed E-state index contributed by atoms with van der Waals surface area (Å²) in [5, 5.41) is 2.91. The van der Waals surface area contributed by atoms with Crippen molar-refractivity contribution >= 4 is 27.5 Å². The first-order chi connectivity index (χ1) is 20.4. The summed E-state index contributed by atoms with van der Waals surface area (Å²) in [6.45, 7) is 5.86. The molecular weight excluding hydrogens is 565 g/mol. The number of anilines is 1. The van der Waals surface area contributed by atoms with Gasteiger partial charge in [0.2, 0.25) is 21.8 Å². The lowest BCUT2D eigenvalue weighted by atomic mass is 9.48. The van der Waals surface area contributed by atoms with Crippen LogP contribution in [-0.2, 0) is 31.6 Å². The standard InChI is InChI=1S/C34H46FN3O4S/c1-5-31(33(40)36-20-23(2)3)37(21-24-6-10-29(35)11-7-24)32(39)22-38(43(4,41)42)30-12-8-28(9-13-30)34-17-25-14-26(18-34)16-27(15-25)19-34/h6-13,23,25-27,31H,5,14-22H2,1-4H3,(H,36,40)/t25?,26?,27?,31-,34?/m0/s1. The molecule has 9 heteroatoms. The van der Waals surface area contributed by atoms with Crippen LogP contribution in [0.15, 0.2) is 48.5 Å². The molecule has 2 amide bonds. The second-order valence-corrected chi connectivity index (χ2v) is 15.6. The van der Waals surface area contributed by atoms with E-state index >= 15 is 0 Å². The van der Waals surface area contributed by atoms with Crippen LogP contribution in [0.25, 0.3) is 0 Å². The fraction of sp³-hybridized carbons (Fsp3) is 0.588. The summed E-state index contributed by atoms with van der Waals surface area (Å²) >= 11 is 0. The molecule has 4 aliphatic rings. The van der Waals surface area contributed by atoms with E-state index in [4.69, 9.17) is 0 Å². The molecule has 7 nitrogen and oxygen atoms in total. The van der Waals surface area contributed by atoms with Gasteiger partial charge in [-0.15, -0.1) is 0 Å². The maximum absolute atomic E-state index is 13.9. The molecule has 0 saturated heterocycles. The second-order valence-electron chi connectivity index (χ2n) is 13.7. The van der Waals surface area contributed by atoms with Crippen LogP contribution in [0, 0.1) is 29.5 Å². The van der Waals surface area contributed by atoms with Gasteiger partial charge in [0.05, 0.1) is 11.9 Å². The minimum absolute atomic E-state index is 0.0509. The van der Waals surface area contributed by atoms with E-state index in [9.17, 15) is 22.4 Å². The van der Waals surface area contributed by atoms with E-state index in [0.717, 1.165) is 28.3 Å².